The third-order valence-corrected chi connectivity index (χ3v) is 3.27. The number of allylic oxidation sites excluding steroid dienone is 2. The molecule has 14 heavy (non-hydrogen) atoms. The van der Waals surface area contributed by atoms with Crippen molar-refractivity contribution < 1.29 is 9.22 Å². The first-order valence-corrected chi connectivity index (χ1v) is 8.56. The number of hydrogen-bond acceptors (Lipinski definition) is 2. The lowest BCUT2D eigenvalue weighted by atomic mass is 9.79. The molecule has 0 unspecified atom stereocenters. The normalized spacial score (nSPS) is 21.8. The first-order valence-electron chi connectivity index (χ1n) is 5.15. The highest BCUT2D eigenvalue weighted by Crippen LogP contribution is 2.32. The Kier molecular flexibility index (Phi) is 2.90. The van der Waals surface area contributed by atoms with Crippen molar-refractivity contribution in [3.63, 3.8) is 0 Å². The van der Waals surface area contributed by atoms with E-state index < -0.39 is 8.32 Å². The smallest absolute Gasteiger partial charge is 0.241 e. The number of carbonyl (C=O) groups is 1. The molecule has 0 amide bonds. The van der Waals surface area contributed by atoms with Crippen molar-refractivity contribution in [3.05, 3.63) is 11.8 Å². The Morgan fingerprint density at radius 3 is 2.36 bits per heavy atom. The fourth-order valence-corrected chi connectivity index (χ4v) is 2.39. The summed E-state index contributed by atoms with van der Waals surface area (Å²) in [6.07, 6.45) is 3.51. The molecule has 1 aliphatic carbocycles. The molecule has 0 saturated heterocycles. The van der Waals surface area contributed by atoms with Crippen LogP contribution >= 0.6 is 0 Å². The molecule has 0 bridgehead atoms. The Morgan fingerprint density at radius 2 is 1.93 bits per heavy atom. The summed E-state index contributed by atoms with van der Waals surface area (Å²) in [4.78, 5) is 11.7. The molecule has 0 aromatic rings. The molecule has 0 heterocycles. The van der Waals surface area contributed by atoms with Crippen molar-refractivity contribution in [1.82, 2.24) is 0 Å². The molecule has 3 heteroatoms. The lowest BCUT2D eigenvalue weighted by Gasteiger charge is -2.30. The topological polar surface area (TPSA) is 26.3 Å². The van der Waals surface area contributed by atoms with Gasteiger partial charge in [0.05, 0.1) is 5.76 Å². The first kappa shape index (κ1) is 11.5. The van der Waals surface area contributed by atoms with Crippen LogP contribution in [0.25, 0.3) is 0 Å². The summed E-state index contributed by atoms with van der Waals surface area (Å²) in [6, 6.07) is 0. The lowest BCUT2D eigenvalue weighted by molar-refractivity contribution is -0.123. The molecule has 0 atom stereocenters. The van der Waals surface area contributed by atoms with E-state index in [1.165, 1.54) is 0 Å². The van der Waals surface area contributed by atoms with Gasteiger partial charge in [-0.3, -0.25) is 4.79 Å². The maximum absolute atomic E-state index is 11.7. The molecule has 0 aromatic carbocycles. The highest BCUT2D eigenvalue weighted by atomic mass is 28.4. The quantitative estimate of drug-likeness (QED) is 0.657. The van der Waals surface area contributed by atoms with Crippen LogP contribution in [0.5, 0.6) is 0 Å². The standard InChI is InChI=1S/C11H20O2Si/c1-11(2)7-6-9(8-10(11)12)13-14(3,4)5/h8H,6-7H2,1-5H3. The number of carbonyl (C=O) groups excluding carboxylic acids is 1. The zero-order valence-electron chi connectivity index (χ0n) is 9.81. The van der Waals surface area contributed by atoms with E-state index in [9.17, 15) is 4.79 Å². The minimum absolute atomic E-state index is 0.188. The summed E-state index contributed by atoms with van der Waals surface area (Å²) in [5.74, 6) is 1.10. The van der Waals surface area contributed by atoms with Gasteiger partial charge in [-0.05, 0) is 26.1 Å². The Labute approximate surface area is 87.5 Å². The fourth-order valence-electron chi connectivity index (χ4n) is 1.45. The van der Waals surface area contributed by atoms with E-state index in [1.807, 2.05) is 13.8 Å². The minimum atomic E-state index is -1.54. The van der Waals surface area contributed by atoms with E-state index in [4.69, 9.17) is 4.43 Å². The molecule has 80 valence electrons. The van der Waals surface area contributed by atoms with E-state index in [1.54, 1.807) is 6.08 Å². The molecule has 1 rings (SSSR count). The van der Waals surface area contributed by atoms with Crippen LogP contribution in [0.15, 0.2) is 11.8 Å². The molecule has 0 radical (unpaired) electrons. The van der Waals surface area contributed by atoms with Gasteiger partial charge in [0.25, 0.3) is 0 Å². The molecule has 0 spiro atoms. The predicted molar refractivity (Wildman–Crippen MR) is 60.5 cm³/mol. The van der Waals surface area contributed by atoms with Gasteiger partial charge in [-0.25, -0.2) is 0 Å². The van der Waals surface area contributed by atoms with Crippen LogP contribution in [-0.4, -0.2) is 14.1 Å². The van der Waals surface area contributed by atoms with Gasteiger partial charge in [0.15, 0.2) is 5.78 Å². The van der Waals surface area contributed by atoms with Gasteiger partial charge in [-0.15, -0.1) is 0 Å². The van der Waals surface area contributed by atoms with Gasteiger partial charge in [0.2, 0.25) is 8.32 Å². The van der Waals surface area contributed by atoms with E-state index >= 15 is 0 Å². The predicted octanol–water partition coefficient (Wildman–Crippen LogP) is 3.11. The first-order chi connectivity index (χ1) is 6.21. The monoisotopic (exact) mass is 212 g/mol. The van der Waals surface area contributed by atoms with E-state index in [-0.39, 0.29) is 11.2 Å². The summed E-state index contributed by atoms with van der Waals surface area (Å²) in [6.45, 7) is 10.4. The molecule has 0 aromatic heterocycles. The third-order valence-electron chi connectivity index (χ3n) is 2.39. The summed E-state index contributed by atoms with van der Waals surface area (Å²) in [5, 5.41) is 0. The van der Waals surface area contributed by atoms with Crippen molar-refractivity contribution in [3.8, 4) is 0 Å². The van der Waals surface area contributed by atoms with Crippen molar-refractivity contribution in [2.75, 3.05) is 0 Å². The van der Waals surface area contributed by atoms with Crippen LogP contribution < -0.4 is 0 Å². The number of rotatable bonds is 2. The van der Waals surface area contributed by atoms with Crippen LogP contribution in [-0.2, 0) is 9.22 Å². The van der Waals surface area contributed by atoms with Crippen LogP contribution in [0.3, 0.4) is 0 Å². The second kappa shape index (κ2) is 3.53. The summed E-state index contributed by atoms with van der Waals surface area (Å²) in [7, 11) is -1.54. The minimum Gasteiger partial charge on any atom is -0.547 e. The van der Waals surface area contributed by atoms with Crippen molar-refractivity contribution >= 4 is 14.1 Å². The second-order valence-corrected chi connectivity index (χ2v) is 10.0. The summed E-state index contributed by atoms with van der Waals surface area (Å²) < 4.78 is 5.82. The maximum Gasteiger partial charge on any atom is 0.241 e. The van der Waals surface area contributed by atoms with Gasteiger partial charge in [0, 0.05) is 17.9 Å². The Hall–Kier alpha value is -0.573. The highest BCUT2D eigenvalue weighted by molar-refractivity contribution is 6.70. The average molecular weight is 212 g/mol. The fraction of sp³-hybridized carbons (Fsp3) is 0.727. The Bertz CT molecular complexity index is 272. The second-order valence-electron chi connectivity index (χ2n) is 5.57. The lowest BCUT2D eigenvalue weighted by Crippen LogP contribution is -2.31. The zero-order valence-corrected chi connectivity index (χ0v) is 10.8. The van der Waals surface area contributed by atoms with Gasteiger partial charge in [-0.2, -0.15) is 0 Å². The zero-order chi connectivity index (χ0) is 11.0. The molecule has 2 nitrogen and oxygen atoms in total. The Balaban J connectivity index is 2.72. The van der Waals surface area contributed by atoms with Gasteiger partial charge in [0.1, 0.15) is 0 Å². The van der Waals surface area contributed by atoms with E-state index in [2.05, 4.69) is 19.6 Å². The van der Waals surface area contributed by atoms with Crippen molar-refractivity contribution in [1.29, 1.82) is 0 Å². The van der Waals surface area contributed by atoms with E-state index in [0.717, 1.165) is 18.6 Å². The summed E-state index contributed by atoms with van der Waals surface area (Å²) >= 11 is 0. The molecule has 1 aliphatic rings. The van der Waals surface area contributed by atoms with Gasteiger partial charge >= 0.3 is 0 Å². The SMILES string of the molecule is CC1(C)CCC(O[Si](C)(C)C)=CC1=O. The number of hydrogen-bond donors (Lipinski definition) is 0. The Morgan fingerprint density at radius 1 is 1.36 bits per heavy atom. The highest BCUT2D eigenvalue weighted by Gasteiger charge is 2.31. The van der Waals surface area contributed by atoms with Crippen molar-refractivity contribution in [2.45, 2.75) is 46.3 Å². The van der Waals surface area contributed by atoms with Crippen LogP contribution in [0, 0.1) is 5.41 Å². The van der Waals surface area contributed by atoms with E-state index in [0.29, 0.717) is 0 Å². The van der Waals surface area contributed by atoms with Crippen LogP contribution in [0.1, 0.15) is 26.7 Å². The molecular formula is C11H20O2Si. The maximum atomic E-state index is 11.7. The molecule has 0 saturated carbocycles. The molecule has 0 N–H and O–H groups in total. The number of ketones is 1. The van der Waals surface area contributed by atoms with Crippen molar-refractivity contribution in [2.24, 2.45) is 5.41 Å². The summed E-state index contributed by atoms with van der Waals surface area (Å²) in [5.41, 5.74) is -0.188. The van der Waals surface area contributed by atoms with Gasteiger partial charge < -0.3 is 4.43 Å². The third kappa shape index (κ3) is 2.98. The average Bonchev–Trinajstić information content (AvgIpc) is 1.95. The van der Waals surface area contributed by atoms with Gasteiger partial charge in [-0.1, -0.05) is 13.8 Å². The molecule has 0 aliphatic heterocycles. The molecule has 0 fully saturated rings. The largest absolute Gasteiger partial charge is 0.547 e. The molecular weight excluding hydrogens is 192 g/mol. The van der Waals surface area contributed by atoms with Crippen LogP contribution in [0.2, 0.25) is 19.6 Å². The van der Waals surface area contributed by atoms with Crippen LogP contribution in [0.4, 0.5) is 0 Å².